The van der Waals surface area contributed by atoms with Crippen LogP contribution in [0.3, 0.4) is 0 Å². The molecule has 1 saturated carbocycles. The summed E-state index contributed by atoms with van der Waals surface area (Å²) < 4.78 is 6.10. The zero-order chi connectivity index (χ0) is 16.8. The van der Waals surface area contributed by atoms with Gasteiger partial charge in [-0.2, -0.15) is 0 Å². The molecule has 128 valence electrons. The molecule has 0 spiro atoms. The summed E-state index contributed by atoms with van der Waals surface area (Å²) in [7, 11) is 0. The van der Waals surface area contributed by atoms with Gasteiger partial charge in [0.1, 0.15) is 5.75 Å². The van der Waals surface area contributed by atoms with Gasteiger partial charge in [0.25, 0.3) is 5.91 Å². The highest BCUT2D eigenvalue weighted by atomic mass is 16.5. The summed E-state index contributed by atoms with van der Waals surface area (Å²) >= 11 is 0. The third-order valence-electron chi connectivity index (χ3n) is 4.88. The summed E-state index contributed by atoms with van der Waals surface area (Å²) in [5.74, 6) is 0.813. The summed E-state index contributed by atoms with van der Waals surface area (Å²) in [4.78, 5) is 12.7. The number of rotatable bonds is 5. The fourth-order valence-electron chi connectivity index (χ4n) is 3.49. The second kappa shape index (κ2) is 8.18. The van der Waals surface area contributed by atoms with Crippen LogP contribution < -0.4 is 10.1 Å². The molecule has 1 atom stereocenters. The van der Waals surface area contributed by atoms with Crippen LogP contribution in [0.15, 0.2) is 42.5 Å². The molecule has 1 unspecified atom stereocenters. The summed E-state index contributed by atoms with van der Waals surface area (Å²) in [6.45, 7) is 2.00. The Morgan fingerprint density at radius 2 is 1.79 bits per heavy atom. The SMILES string of the molecule is CCC(Oc1cccc2ccccc12)C(=O)NC1CCCCCC1. The topological polar surface area (TPSA) is 38.3 Å². The van der Waals surface area contributed by atoms with Gasteiger partial charge in [-0.05, 0) is 30.7 Å². The van der Waals surface area contributed by atoms with Crippen molar-refractivity contribution in [2.24, 2.45) is 0 Å². The first-order valence-electron chi connectivity index (χ1n) is 9.22. The van der Waals surface area contributed by atoms with Gasteiger partial charge in [-0.15, -0.1) is 0 Å². The number of amides is 1. The van der Waals surface area contributed by atoms with Crippen LogP contribution in [0.1, 0.15) is 51.9 Å². The Morgan fingerprint density at radius 3 is 2.54 bits per heavy atom. The maximum Gasteiger partial charge on any atom is 0.261 e. The molecule has 2 aromatic rings. The summed E-state index contributed by atoms with van der Waals surface area (Å²) in [5.41, 5.74) is 0. The van der Waals surface area contributed by atoms with E-state index in [1.165, 1.54) is 25.7 Å². The van der Waals surface area contributed by atoms with Gasteiger partial charge in [0.15, 0.2) is 6.10 Å². The third kappa shape index (κ3) is 4.08. The van der Waals surface area contributed by atoms with E-state index in [0.717, 1.165) is 29.4 Å². The average Bonchev–Trinajstić information content (AvgIpc) is 2.88. The first kappa shape index (κ1) is 16.8. The molecule has 1 amide bonds. The summed E-state index contributed by atoms with van der Waals surface area (Å²) in [6, 6.07) is 14.4. The molecule has 0 radical (unpaired) electrons. The Labute approximate surface area is 144 Å². The zero-order valence-electron chi connectivity index (χ0n) is 14.5. The van der Waals surface area contributed by atoms with Crippen molar-refractivity contribution in [3.63, 3.8) is 0 Å². The molecule has 0 aromatic heterocycles. The van der Waals surface area contributed by atoms with Crippen molar-refractivity contribution >= 4 is 16.7 Å². The number of carbonyl (C=O) groups excluding carboxylic acids is 1. The Bertz CT molecular complexity index is 669. The Hall–Kier alpha value is -2.03. The molecule has 1 N–H and O–H groups in total. The Morgan fingerprint density at radius 1 is 1.08 bits per heavy atom. The number of ether oxygens (including phenoxy) is 1. The van der Waals surface area contributed by atoms with E-state index in [1.54, 1.807) is 0 Å². The van der Waals surface area contributed by atoms with Crippen LogP contribution in [-0.2, 0) is 4.79 Å². The Balaban J connectivity index is 1.70. The average molecular weight is 325 g/mol. The number of nitrogens with one attached hydrogen (secondary N) is 1. The van der Waals surface area contributed by atoms with Crippen LogP contribution in [-0.4, -0.2) is 18.1 Å². The minimum Gasteiger partial charge on any atom is -0.480 e. The van der Waals surface area contributed by atoms with Crippen molar-refractivity contribution in [2.45, 2.75) is 64.0 Å². The molecular formula is C21H27NO2. The molecule has 0 bridgehead atoms. The number of hydrogen-bond donors (Lipinski definition) is 1. The van der Waals surface area contributed by atoms with Crippen molar-refractivity contribution in [2.75, 3.05) is 0 Å². The quantitative estimate of drug-likeness (QED) is 0.799. The van der Waals surface area contributed by atoms with E-state index >= 15 is 0 Å². The number of hydrogen-bond acceptors (Lipinski definition) is 2. The lowest BCUT2D eigenvalue weighted by Crippen LogP contribution is -2.43. The van der Waals surface area contributed by atoms with Crippen molar-refractivity contribution in [1.29, 1.82) is 0 Å². The fraction of sp³-hybridized carbons (Fsp3) is 0.476. The van der Waals surface area contributed by atoms with Gasteiger partial charge in [0.05, 0.1) is 0 Å². The van der Waals surface area contributed by atoms with Gasteiger partial charge >= 0.3 is 0 Å². The fourth-order valence-corrected chi connectivity index (χ4v) is 3.49. The lowest BCUT2D eigenvalue weighted by Gasteiger charge is -2.22. The largest absolute Gasteiger partial charge is 0.480 e. The molecule has 3 rings (SSSR count). The molecule has 1 aliphatic carbocycles. The van der Waals surface area contributed by atoms with E-state index in [4.69, 9.17) is 4.74 Å². The molecule has 24 heavy (non-hydrogen) atoms. The molecule has 0 saturated heterocycles. The Kier molecular flexibility index (Phi) is 5.73. The van der Waals surface area contributed by atoms with E-state index < -0.39 is 6.10 Å². The monoisotopic (exact) mass is 325 g/mol. The predicted octanol–water partition coefficient (Wildman–Crippen LogP) is 4.84. The van der Waals surface area contributed by atoms with Crippen molar-refractivity contribution in [3.05, 3.63) is 42.5 Å². The highest BCUT2D eigenvalue weighted by Crippen LogP contribution is 2.26. The number of fused-ring (bicyclic) bond motifs is 1. The van der Waals surface area contributed by atoms with Crippen LogP contribution in [0, 0.1) is 0 Å². The first-order valence-corrected chi connectivity index (χ1v) is 9.22. The minimum absolute atomic E-state index is 0.0253. The lowest BCUT2D eigenvalue weighted by atomic mass is 10.1. The van der Waals surface area contributed by atoms with Crippen molar-refractivity contribution in [3.8, 4) is 5.75 Å². The third-order valence-corrected chi connectivity index (χ3v) is 4.88. The minimum atomic E-state index is -0.431. The smallest absolute Gasteiger partial charge is 0.261 e. The maximum absolute atomic E-state index is 12.7. The summed E-state index contributed by atoms with van der Waals surface area (Å²) in [5, 5.41) is 5.40. The second-order valence-electron chi connectivity index (χ2n) is 6.69. The van der Waals surface area contributed by atoms with Crippen LogP contribution >= 0.6 is 0 Å². The molecule has 0 aliphatic heterocycles. The van der Waals surface area contributed by atoms with Gasteiger partial charge in [-0.3, -0.25) is 4.79 Å². The highest BCUT2D eigenvalue weighted by Gasteiger charge is 2.22. The van der Waals surface area contributed by atoms with E-state index in [0.29, 0.717) is 12.5 Å². The van der Waals surface area contributed by atoms with E-state index in [-0.39, 0.29) is 5.91 Å². The van der Waals surface area contributed by atoms with E-state index in [1.807, 2.05) is 37.3 Å². The zero-order valence-corrected chi connectivity index (χ0v) is 14.5. The van der Waals surface area contributed by atoms with Gasteiger partial charge in [0, 0.05) is 11.4 Å². The predicted molar refractivity (Wildman–Crippen MR) is 98.3 cm³/mol. The molecule has 2 aromatic carbocycles. The normalized spacial score (nSPS) is 17.2. The standard InChI is InChI=1S/C21H27NO2/c1-2-19(21(23)22-17-12-5-3-4-6-13-17)24-20-15-9-11-16-10-7-8-14-18(16)20/h7-11,14-15,17,19H,2-6,12-13H2,1H3,(H,22,23). The lowest BCUT2D eigenvalue weighted by molar-refractivity contribution is -0.128. The summed E-state index contributed by atoms with van der Waals surface area (Å²) in [6.07, 6.45) is 7.43. The van der Waals surface area contributed by atoms with Gasteiger partial charge in [-0.25, -0.2) is 0 Å². The van der Waals surface area contributed by atoms with Crippen LogP contribution in [0.25, 0.3) is 10.8 Å². The maximum atomic E-state index is 12.7. The van der Waals surface area contributed by atoms with Crippen LogP contribution in [0.5, 0.6) is 5.75 Å². The van der Waals surface area contributed by atoms with Crippen LogP contribution in [0.2, 0.25) is 0 Å². The van der Waals surface area contributed by atoms with Crippen LogP contribution in [0.4, 0.5) is 0 Å². The molecule has 3 nitrogen and oxygen atoms in total. The van der Waals surface area contributed by atoms with Crippen molar-refractivity contribution in [1.82, 2.24) is 5.32 Å². The molecule has 1 aliphatic rings. The number of benzene rings is 2. The highest BCUT2D eigenvalue weighted by molar-refractivity contribution is 5.89. The second-order valence-corrected chi connectivity index (χ2v) is 6.69. The van der Waals surface area contributed by atoms with Crippen molar-refractivity contribution < 1.29 is 9.53 Å². The molecule has 1 fully saturated rings. The van der Waals surface area contributed by atoms with E-state index in [9.17, 15) is 4.79 Å². The molecule has 0 heterocycles. The molecule has 3 heteroatoms. The van der Waals surface area contributed by atoms with Gasteiger partial charge in [0.2, 0.25) is 0 Å². The first-order chi connectivity index (χ1) is 11.8. The van der Waals surface area contributed by atoms with Gasteiger partial charge < -0.3 is 10.1 Å². The number of carbonyl (C=O) groups is 1. The molecular weight excluding hydrogens is 298 g/mol. The van der Waals surface area contributed by atoms with E-state index in [2.05, 4.69) is 17.4 Å². The van der Waals surface area contributed by atoms with Gasteiger partial charge in [-0.1, -0.05) is 69.0 Å².